The van der Waals surface area contributed by atoms with Gasteiger partial charge in [-0.15, -0.1) is 0 Å². The van der Waals surface area contributed by atoms with Gasteiger partial charge in [-0.2, -0.15) is 0 Å². The Hall–Kier alpha value is -2.54. The van der Waals surface area contributed by atoms with Gasteiger partial charge in [-0.25, -0.2) is 13.2 Å². The number of nitrogens with zero attached hydrogens (tertiary/aromatic N) is 2. The van der Waals surface area contributed by atoms with Gasteiger partial charge in [0.1, 0.15) is 11.6 Å². The fraction of sp³-hybridized carbons (Fsp3) is 0.316. The molecule has 1 N–H and O–H groups in total. The fourth-order valence-corrected chi connectivity index (χ4v) is 3.65. The van der Waals surface area contributed by atoms with Crippen LogP contribution in [-0.2, 0) is 11.3 Å². The Kier molecular flexibility index (Phi) is 4.11. The maximum Gasteiger partial charge on any atom is 0.257 e. The molecule has 1 saturated heterocycles. The van der Waals surface area contributed by atoms with E-state index in [9.17, 15) is 23.1 Å². The lowest BCUT2D eigenvalue weighted by Crippen LogP contribution is -2.37. The van der Waals surface area contributed by atoms with Crippen molar-refractivity contribution in [1.29, 1.82) is 0 Å². The van der Waals surface area contributed by atoms with E-state index in [1.807, 2.05) is 0 Å². The molecule has 0 saturated carbocycles. The van der Waals surface area contributed by atoms with Crippen LogP contribution in [0.15, 0.2) is 36.4 Å². The summed E-state index contributed by atoms with van der Waals surface area (Å²) in [6, 6.07) is 8.42. The minimum atomic E-state index is -1.50. The number of hydrogen-bond acceptors (Lipinski definition) is 2. The van der Waals surface area contributed by atoms with Crippen molar-refractivity contribution in [2.24, 2.45) is 0 Å². The number of aromatic nitrogens is 1. The van der Waals surface area contributed by atoms with Crippen molar-refractivity contribution in [1.82, 2.24) is 9.47 Å². The molecule has 2 heterocycles. The van der Waals surface area contributed by atoms with Gasteiger partial charge in [-0.3, -0.25) is 4.79 Å². The lowest BCUT2D eigenvalue weighted by Gasteiger charge is -2.21. The van der Waals surface area contributed by atoms with Crippen LogP contribution in [0, 0.1) is 11.6 Å². The number of carbonyl (C=O) groups excluding carboxylic acids is 1. The number of rotatable bonds is 4. The smallest absolute Gasteiger partial charge is 0.257 e. The Labute approximate surface area is 147 Å². The Morgan fingerprint density at radius 2 is 1.62 bits per heavy atom. The highest BCUT2D eigenvalue weighted by Gasteiger charge is 2.32. The summed E-state index contributed by atoms with van der Waals surface area (Å²) in [5.41, 5.74) is 1.31. The molecule has 1 amide bonds. The van der Waals surface area contributed by atoms with Gasteiger partial charge in [0.2, 0.25) is 0 Å². The van der Waals surface area contributed by atoms with E-state index in [1.165, 1.54) is 29.2 Å². The van der Waals surface area contributed by atoms with Gasteiger partial charge in [0.05, 0.1) is 12.6 Å². The van der Waals surface area contributed by atoms with Gasteiger partial charge in [0.25, 0.3) is 5.91 Å². The monoisotopic (exact) mass is 362 g/mol. The zero-order valence-corrected chi connectivity index (χ0v) is 13.8. The predicted molar refractivity (Wildman–Crippen MR) is 91.5 cm³/mol. The molecule has 4 rings (SSSR count). The first-order valence-electron chi connectivity index (χ1n) is 8.42. The molecule has 1 aromatic heterocycles. The number of hydrogen-bond donors (Lipinski definition) is 1. The minimum absolute atomic E-state index is 0.0167. The largest absolute Gasteiger partial charge is 0.389 e. The highest BCUT2D eigenvalue weighted by atomic mass is 19.1. The van der Waals surface area contributed by atoms with Crippen LogP contribution >= 0.6 is 0 Å². The molecular weight excluding hydrogens is 345 g/mol. The quantitative estimate of drug-likeness (QED) is 0.776. The molecule has 0 radical (unpaired) electrons. The summed E-state index contributed by atoms with van der Waals surface area (Å²) in [5, 5.41) is 11.5. The number of halogens is 3. The van der Waals surface area contributed by atoms with E-state index in [2.05, 4.69) is 0 Å². The van der Waals surface area contributed by atoms with Crippen LogP contribution in [0.25, 0.3) is 21.8 Å². The third-order valence-electron chi connectivity index (χ3n) is 4.85. The number of amides is 1. The number of aliphatic hydroxyl groups is 1. The summed E-state index contributed by atoms with van der Waals surface area (Å²) in [5.74, 6) is -1.47. The Morgan fingerprint density at radius 1 is 1.04 bits per heavy atom. The summed E-state index contributed by atoms with van der Waals surface area (Å²) < 4.78 is 42.4. The maximum atomic E-state index is 13.7. The van der Waals surface area contributed by atoms with E-state index >= 15 is 0 Å². The predicted octanol–water partition coefficient (Wildman–Crippen LogP) is 3.00. The molecule has 136 valence electrons. The second kappa shape index (κ2) is 6.32. The Morgan fingerprint density at radius 3 is 2.12 bits per heavy atom. The third-order valence-corrected chi connectivity index (χ3v) is 4.85. The molecule has 0 spiro atoms. The van der Waals surface area contributed by atoms with Gasteiger partial charge in [0.15, 0.2) is 6.17 Å². The Balaban J connectivity index is 1.70. The van der Waals surface area contributed by atoms with E-state index in [0.29, 0.717) is 21.8 Å². The topological polar surface area (TPSA) is 45.5 Å². The third kappa shape index (κ3) is 2.82. The van der Waals surface area contributed by atoms with Crippen LogP contribution in [0.1, 0.15) is 6.42 Å². The van der Waals surface area contributed by atoms with E-state index in [1.54, 1.807) is 16.7 Å². The molecule has 0 aliphatic carbocycles. The molecule has 3 aromatic rings. The molecule has 26 heavy (non-hydrogen) atoms. The second-order valence-electron chi connectivity index (χ2n) is 6.63. The molecule has 2 atom stereocenters. The SMILES string of the molecule is O=C1[C@H](F)CCN1CC(O)Cn1c2ccc(F)cc2c2cc(F)ccc21. The van der Waals surface area contributed by atoms with Gasteiger partial charge in [-0.1, -0.05) is 0 Å². The van der Waals surface area contributed by atoms with Crippen molar-refractivity contribution < 1.29 is 23.1 Å². The first-order valence-corrected chi connectivity index (χ1v) is 8.42. The normalized spacial score (nSPS) is 19.0. The van der Waals surface area contributed by atoms with Crippen LogP contribution in [0.2, 0.25) is 0 Å². The van der Waals surface area contributed by atoms with Crippen molar-refractivity contribution in [2.45, 2.75) is 25.2 Å². The van der Waals surface area contributed by atoms with Crippen molar-refractivity contribution in [2.75, 3.05) is 13.1 Å². The number of likely N-dealkylation sites (tertiary alicyclic amines) is 1. The van der Waals surface area contributed by atoms with Crippen LogP contribution in [0.5, 0.6) is 0 Å². The lowest BCUT2D eigenvalue weighted by atomic mass is 10.1. The molecule has 1 fully saturated rings. The second-order valence-corrected chi connectivity index (χ2v) is 6.63. The highest BCUT2D eigenvalue weighted by Crippen LogP contribution is 2.30. The number of aliphatic hydroxyl groups excluding tert-OH is 1. The van der Waals surface area contributed by atoms with E-state index in [0.717, 1.165) is 0 Å². The maximum absolute atomic E-state index is 13.7. The average Bonchev–Trinajstić information content (AvgIpc) is 3.07. The molecule has 2 aromatic carbocycles. The summed E-state index contributed by atoms with van der Waals surface area (Å²) >= 11 is 0. The Bertz CT molecular complexity index is 942. The number of fused-ring (bicyclic) bond motifs is 3. The standard InChI is InChI=1S/C19H17F3N2O2/c20-11-1-3-17-14(7-11)15-8-12(21)2-4-18(15)24(17)10-13(25)9-23-6-5-16(22)19(23)26/h1-4,7-8,13,16,25H,5-6,9-10H2/t13?,16-/m1/s1. The van der Waals surface area contributed by atoms with Gasteiger partial charge in [0, 0.05) is 41.3 Å². The number of carbonyl (C=O) groups is 1. The summed E-state index contributed by atoms with van der Waals surface area (Å²) in [6.07, 6.45) is -2.29. The molecule has 1 aliphatic rings. The molecule has 7 heteroatoms. The molecule has 1 unspecified atom stereocenters. The lowest BCUT2D eigenvalue weighted by molar-refractivity contribution is -0.133. The zero-order valence-electron chi connectivity index (χ0n) is 13.8. The van der Waals surface area contributed by atoms with E-state index < -0.39 is 29.8 Å². The van der Waals surface area contributed by atoms with Crippen molar-refractivity contribution in [3.05, 3.63) is 48.0 Å². The summed E-state index contributed by atoms with van der Waals surface area (Å²) in [7, 11) is 0. The van der Waals surface area contributed by atoms with Crippen LogP contribution < -0.4 is 0 Å². The highest BCUT2D eigenvalue weighted by molar-refractivity contribution is 6.08. The van der Waals surface area contributed by atoms with E-state index in [-0.39, 0.29) is 26.1 Å². The zero-order chi connectivity index (χ0) is 18.4. The first-order chi connectivity index (χ1) is 12.4. The summed E-state index contributed by atoms with van der Waals surface area (Å²) in [4.78, 5) is 13.0. The van der Waals surface area contributed by atoms with Crippen molar-refractivity contribution in [3.63, 3.8) is 0 Å². The van der Waals surface area contributed by atoms with Crippen molar-refractivity contribution >= 4 is 27.7 Å². The fourth-order valence-electron chi connectivity index (χ4n) is 3.65. The van der Waals surface area contributed by atoms with Crippen molar-refractivity contribution in [3.8, 4) is 0 Å². The first kappa shape index (κ1) is 16.9. The van der Waals surface area contributed by atoms with Crippen LogP contribution in [0.3, 0.4) is 0 Å². The number of alkyl halides is 1. The van der Waals surface area contributed by atoms with E-state index in [4.69, 9.17) is 0 Å². The number of benzene rings is 2. The van der Waals surface area contributed by atoms with Gasteiger partial charge < -0.3 is 14.6 Å². The molecule has 0 bridgehead atoms. The summed E-state index contributed by atoms with van der Waals surface area (Å²) in [6.45, 7) is 0.418. The molecule has 1 aliphatic heterocycles. The molecular formula is C19H17F3N2O2. The van der Waals surface area contributed by atoms with Crippen LogP contribution in [-0.4, -0.2) is 45.8 Å². The van der Waals surface area contributed by atoms with Crippen LogP contribution in [0.4, 0.5) is 13.2 Å². The minimum Gasteiger partial charge on any atom is -0.389 e. The average molecular weight is 362 g/mol. The number of β-amino-alcohol motifs (C(OH)–C–C–N with tert-alkyl or cyclic N) is 1. The molecule has 4 nitrogen and oxygen atoms in total. The van der Waals surface area contributed by atoms with Gasteiger partial charge in [-0.05, 0) is 36.4 Å². The van der Waals surface area contributed by atoms with Gasteiger partial charge >= 0.3 is 0 Å².